The van der Waals surface area contributed by atoms with Crippen LogP contribution in [0.15, 0.2) is 48.5 Å². The van der Waals surface area contributed by atoms with Crippen molar-refractivity contribution in [2.75, 3.05) is 20.3 Å². The van der Waals surface area contributed by atoms with Gasteiger partial charge in [0.05, 0.1) is 12.7 Å². The highest BCUT2D eigenvalue weighted by Crippen LogP contribution is 2.28. The normalized spacial score (nSPS) is 18.2. The van der Waals surface area contributed by atoms with Crippen LogP contribution in [0.2, 0.25) is 0 Å². The Hall–Kier alpha value is -3.75. The lowest BCUT2D eigenvalue weighted by atomic mass is 9.92. The fourth-order valence-electron chi connectivity index (χ4n) is 3.10. The van der Waals surface area contributed by atoms with Crippen molar-refractivity contribution < 1.29 is 33.0 Å². The van der Waals surface area contributed by atoms with Gasteiger partial charge in [0.15, 0.2) is 6.61 Å². The summed E-state index contributed by atoms with van der Waals surface area (Å²) in [6.07, 6.45) is 0. The molecule has 1 N–H and O–H groups in total. The fourth-order valence-corrected chi connectivity index (χ4v) is 3.10. The third kappa shape index (κ3) is 4.00. The Morgan fingerprint density at radius 1 is 1.13 bits per heavy atom. The number of ether oxygens (including phenoxy) is 2. The summed E-state index contributed by atoms with van der Waals surface area (Å²) in [5, 5.41) is 2.57. The minimum absolute atomic E-state index is 0.0862. The summed E-state index contributed by atoms with van der Waals surface area (Å²) in [5.74, 6) is -2.78. The van der Waals surface area contributed by atoms with Crippen molar-refractivity contribution in [1.29, 1.82) is 0 Å². The number of amides is 3. The van der Waals surface area contributed by atoms with E-state index < -0.39 is 48.2 Å². The van der Waals surface area contributed by atoms with Gasteiger partial charge >= 0.3 is 12.0 Å². The Kier molecular flexibility index (Phi) is 5.81. The second-order valence-electron chi connectivity index (χ2n) is 6.74. The number of nitrogens with one attached hydrogen (secondary N) is 1. The van der Waals surface area contributed by atoms with Crippen LogP contribution in [0, 0.1) is 5.82 Å². The van der Waals surface area contributed by atoms with Gasteiger partial charge in [0, 0.05) is 0 Å². The maximum Gasteiger partial charge on any atom is 0.326 e. The highest BCUT2D eigenvalue weighted by molar-refractivity contribution is 6.09. The highest BCUT2D eigenvalue weighted by Gasteiger charge is 2.49. The molecule has 0 saturated carbocycles. The van der Waals surface area contributed by atoms with Crippen LogP contribution in [0.5, 0.6) is 5.75 Å². The standard InChI is InChI=1S/C21H19FN2O6/c1-21(13-6-4-3-5-7-13)19(27)24(20(28)23-21)11-18(26)30-12-16(25)15-10-14(22)8-9-17(15)29-2/h3-10H,11-12H2,1-2H3,(H,23,28)/t21-/m1/s1. The van der Waals surface area contributed by atoms with Gasteiger partial charge in [0.25, 0.3) is 5.91 Å². The number of imide groups is 1. The number of hydrogen-bond donors (Lipinski definition) is 1. The van der Waals surface area contributed by atoms with Crippen molar-refractivity contribution in [3.63, 3.8) is 0 Å². The summed E-state index contributed by atoms with van der Waals surface area (Å²) < 4.78 is 23.3. The van der Waals surface area contributed by atoms with Gasteiger partial charge in [-0.2, -0.15) is 0 Å². The first kappa shape index (κ1) is 21.0. The first-order valence-corrected chi connectivity index (χ1v) is 8.98. The van der Waals surface area contributed by atoms with E-state index in [2.05, 4.69) is 5.32 Å². The predicted octanol–water partition coefficient (Wildman–Crippen LogP) is 2.03. The molecule has 0 spiro atoms. The zero-order valence-corrected chi connectivity index (χ0v) is 16.3. The minimum Gasteiger partial charge on any atom is -0.496 e. The zero-order chi connectivity index (χ0) is 21.9. The van der Waals surface area contributed by atoms with Gasteiger partial charge in [0.1, 0.15) is 23.7 Å². The van der Waals surface area contributed by atoms with E-state index in [-0.39, 0.29) is 11.3 Å². The topological polar surface area (TPSA) is 102 Å². The number of ketones is 1. The van der Waals surface area contributed by atoms with Gasteiger partial charge in [-0.15, -0.1) is 0 Å². The smallest absolute Gasteiger partial charge is 0.326 e. The van der Waals surface area contributed by atoms with Crippen LogP contribution < -0.4 is 10.1 Å². The third-order valence-electron chi connectivity index (χ3n) is 4.74. The largest absolute Gasteiger partial charge is 0.496 e. The number of urea groups is 1. The summed E-state index contributed by atoms with van der Waals surface area (Å²) in [7, 11) is 1.32. The molecule has 2 aromatic rings. The van der Waals surface area contributed by atoms with Crippen LogP contribution >= 0.6 is 0 Å². The quantitative estimate of drug-likeness (QED) is 0.423. The summed E-state index contributed by atoms with van der Waals surface area (Å²) in [6, 6.07) is 11.2. The molecule has 1 fully saturated rings. The molecule has 2 aromatic carbocycles. The molecule has 156 valence electrons. The maximum atomic E-state index is 13.4. The van der Waals surface area contributed by atoms with E-state index in [0.29, 0.717) is 5.56 Å². The molecule has 3 rings (SSSR count). The fraction of sp³-hybridized carbons (Fsp3) is 0.238. The number of Topliss-reactive ketones (excluding diaryl/α,β-unsaturated/α-hetero) is 1. The molecule has 9 heteroatoms. The van der Waals surface area contributed by atoms with E-state index in [1.165, 1.54) is 20.1 Å². The van der Waals surface area contributed by atoms with E-state index >= 15 is 0 Å². The van der Waals surface area contributed by atoms with Crippen molar-refractivity contribution in [2.24, 2.45) is 0 Å². The number of benzene rings is 2. The van der Waals surface area contributed by atoms with E-state index in [1.54, 1.807) is 30.3 Å². The van der Waals surface area contributed by atoms with Crippen LogP contribution in [0.3, 0.4) is 0 Å². The predicted molar refractivity (Wildman–Crippen MR) is 102 cm³/mol. The molecule has 1 atom stereocenters. The summed E-state index contributed by atoms with van der Waals surface area (Å²) in [5.41, 5.74) is -0.840. The Bertz CT molecular complexity index is 1010. The molecule has 0 radical (unpaired) electrons. The monoisotopic (exact) mass is 414 g/mol. The van der Waals surface area contributed by atoms with Gasteiger partial charge in [-0.05, 0) is 30.7 Å². The SMILES string of the molecule is COc1ccc(F)cc1C(=O)COC(=O)CN1C(=O)N[C@](C)(c2ccccc2)C1=O. The molecule has 1 aliphatic heterocycles. The highest BCUT2D eigenvalue weighted by atomic mass is 19.1. The second kappa shape index (κ2) is 8.32. The Balaban J connectivity index is 1.64. The van der Waals surface area contributed by atoms with Crippen LogP contribution in [-0.2, 0) is 19.9 Å². The van der Waals surface area contributed by atoms with Crippen LogP contribution in [0.1, 0.15) is 22.8 Å². The average molecular weight is 414 g/mol. The Morgan fingerprint density at radius 2 is 1.83 bits per heavy atom. The minimum atomic E-state index is -1.32. The average Bonchev–Trinajstić information content (AvgIpc) is 2.96. The molecule has 3 amide bonds. The number of hydrogen-bond acceptors (Lipinski definition) is 6. The molecule has 1 heterocycles. The van der Waals surface area contributed by atoms with Crippen molar-refractivity contribution in [2.45, 2.75) is 12.5 Å². The van der Waals surface area contributed by atoms with Crippen molar-refractivity contribution in [3.8, 4) is 5.75 Å². The van der Waals surface area contributed by atoms with Gasteiger partial charge in [0.2, 0.25) is 5.78 Å². The Labute approximate surface area is 171 Å². The molecular weight excluding hydrogens is 395 g/mol. The summed E-state index contributed by atoms with van der Waals surface area (Å²) >= 11 is 0. The number of carbonyl (C=O) groups is 4. The molecule has 8 nitrogen and oxygen atoms in total. The van der Waals surface area contributed by atoms with Gasteiger partial charge in [-0.25, -0.2) is 9.18 Å². The first-order chi connectivity index (χ1) is 14.3. The molecule has 0 unspecified atom stereocenters. The molecule has 0 aromatic heterocycles. The van der Waals surface area contributed by atoms with E-state index in [9.17, 15) is 23.6 Å². The number of carbonyl (C=O) groups excluding carboxylic acids is 4. The van der Waals surface area contributed by atoms with E-state index in [4.69, 9.17) is 9.47 Å². The Morgan fingerprint density at radius 3 is 2.50 bits per heavy atom. The molecule has 0 bridgehead atoms. The lowest BCUT2D eigenvalue weighted by Gasteiger charge is -2.21. The lowest BCUT2D eigenvalue weighted by molar-refractivity contribution is -0.146. The van der Waals surface area contributed by atoms with E-state index in [0.717, 1.165) is 17.0 Å². The lowest BCUT2D eigenvalue weighted by Crippen LogP contribution is -2.41. The number of methoxy groups -OCH3 is 1. The van der Waals surface area contributed by atoms with Gasteiger partial charge < -0.3 is 14.8 Å². The van der Waals surface area contributed by atoms with Crippen molar-refractivity contribution in [3.05, 3.63) is 65.5 Å². The first-order valence-electron chi connectivity index (χ1n) is 8.98. The van der Waals surface area contributed by atoms with Crippen LogP contribution in [0.25, 0.3) is 0 Å². The van der Waals surface area contributed by atoms with Crippen molar-refractivity contribution in [1.82, 2.24) is 10.2 Å². The number of esters is 1. The zero-order valence-electron chi connectivity index (χ0n) is 16.3. The number of halogens is 1. The van der Waals surface area contributed by atoms with Crippen molar-refractivity contribution >= 4 is 23.7 Å². The number of rotatable bonds is 7. The molecule has 0 aliphatic carbocycles. The van der Waals surface area contributed by atoms with Crippen LogP contribution in [-0.4, -0.2) is 48.9 Å². The van der Waals surface area contributed by atoms with Gasteiger partial charge in [-0.1, -0.05) is 30.3 Å². The van der Waals surface area contributed by atoms with E-state index in [1.807, 2.05) is 0 Å². The molecule has 1 aliphatic rings. The van der Waals surface area contributed by atoms with Gasteiger partial charge in [-0.3, -0.25) is 19.3 Å². The third-order valence-corrected chi connectivity index (χ3v) is 4.74. The second-order valence-corrected chi connectivity index (χ2v) is 6.74. The number of nitrogens with zero attached hydrogens (tertiary/aromatic N) is 1. The molecule has 1 saturated heterocycles. The summed E-state index contributed by atoms with van der Waals surface area (Å²) in [4.78, 5) is 50.1. The van der Waals surface area contributed by atoms with Crippen LogP contribution in [0.4, 0.5) is 9.18 Å². The molecule has 30 heavy (non-hydrogen) atoms. The maximum absolute atomic E-state index is 13.4. The molecular formula is C21H19FN2O6. The summed E-state index contributed by atoms with van der Waals surface area (Å²) in [6.45, 7) is 0.173.